The molecule has 0 atom stereocenters. The lowest BCUT2D eigenvalue weighted by molar-refractivity contribution is -0.147. The molecule has 0 bridgehead atoms. The molecule has 0 spiro atoms. The molecule has 6 nitrogen and oxygen atoms in total. The molecule has 0 radical (unpaired) electrons. The van der Waals surface area contributed by atoms with E-state index in [9.17, 15) is 14.0 Å². The molecule has 2 N–H and O–H groups in total. The molecule has 2 amide bonds. The number of hydrogen-bond acceptors (Lipinski definition) is 4. The van der Waals surface area contributed by atoms with Gasteiger partial charge in [-0.15, -0.1) is 0 Å². The summed E-state index contributed by atoms with van der Waals surface area (Å²) in [5.41, 5.74) is 0.167. The van der Waals surface area contributed by atoms with Crippen LogP contribution in [0, 0.1) is 11.7 Å². The van der Waals surface area contributed by atoms with E-state index in [0.717, 1.165) is 38.9 Å². The summed E-state index contributed by atoms with van der Waals surface area (Å²) in [6.07, 6.45) is 2.43. The number of rotatable bonds is 6. The predicted octanol–water partition coefficient (Wildman–Crippen LogP) is 2.22. The number of esters is 1. The van der Waals surface area contributed by atoms with Crippen molar-refractivity contribution in [2.24, 2.45) is 5.92 Å². The van der Waals surface area contributed by atoms with Crippen LogP contribution in [0.5, 0.6) is 0 Å². The van der Waals surface area contributed by atoms with Gasteiger partial charge in [-0.25, -0.2) is 9.18 Å². The highest BCUT2D eigenvalue weighted by Crippen LogP contribution is 2.18. The second-order valence-electron chi connectivity index (χ2n) is 5.85. The van der Waals surface area contributed by atoms with E-state index in [1.165, 1.54) is 19.2 Å². The summed E-state index contributed by atoms with van der Waals surface area (Å²) in [6, 6.07) is 5.64. The number of nitrogens with one attached hydrogen (secondary N) is 2. The van der Waals surface area contributed by atoms with Gasteiger partial charge in [0, 0.05) is 6.54 Å². The monoisotopic (exact) mass is 337 g/mol. The van der Waals surface area contributed by atoms with Gasteiger partial charge >= 0.3 is 12.0 Å². The van der Waals surface area contributed by atoms with Crippen molar-refractivity contribution in [3.63, 3.8) is 0 Å². The first-order valence-corrected chi connectivity index (χ1v) is 8.19. The van der Waals surface area contributed by atoms with E-state index < -0.39 is 11.8 Å². The summed E-state index contributed by atoms with van der Waals surface area (Å²) in [4.78, 5) is 25.4. The number of urea groups is 1. The second-order valence-corrected chi connectivity index (χ2v) is 5.85. The van der Waals surface area contributed by atoms with Crippen LogP contribution >= 0.6 is 0 Å². The van der Waals surface area contributed by atoms with Crippen molar-refractivity contribution in [2.75, 3.05) is 38.6 Å². The van der Waals surface area contributed by atoms with E-state index in [1.807, 2.05) is 0 Å². The summed E-state index contributed by atoms with van der Waals surface area (Å²) in [6.45, 7) is 3.09. The fourth-order valence-electron chi connectivity index (χ4n) is 2.79. The number of hydrogen-bond donors (Lipinski definition) is 2. The number of para-hydroxylation sites is 1. The summed E-state index contributed by atoms with van der Waals surface area (Å²) < 4.78 is 18.2. The van der Waals surface area contributed by atoms with Crippen molar-refractivity contribution >= 4 is 17.7 Å². The topological polar surface area (TPSA) is 70.7 Å². The van der Waals surface area contributed by atoms with E-state index in [4.69, 9.17) is 4.74 Å². The molecule has 1 aromatic carbocycles. The van der Waals surface area contributed by atoms with Crippen LogP contribution in [0.15, 0.2) is 24.3 Å². The Balaban J connectivity index is 1.59. The lowest BCUT2D eigenvalue weighted by Crippen LogP contribution is -2.38. The fourth-order valence-corrected chi connectivity index (χ4v) is 2.79. The lowest BCUT2D eigenvalue weighted by atomic mass is 9.97. The molecule has 1 heterocycles. The molecule has 1 aliphatic heterocycles. The van der Waals surface area contributed by atoms with Crippen LogP contribution in [0.2, 0.25) is 0 Å². The first-order valence-electron chi connectivity index (χ1n) is 8.19. The normalized spacial score (nSPS) is 15.8. The average Bonchev–Trinajstić information content (AvgIpc) is 2.60. The lowest BCUT2D eigenvalue weighted by Gasteiger charge is -2.30. The molecular formula is C17H24FN3O3. The second kappa shape index (κ2) is 9.22. The third-order valence-electron chi connectivity index (χ3n) is 4.18. The molecule has 0 unspecified atom stereocenters. The predicted molar refractivity (Wildman–Crippen MR) is 89.2 cm³/mol. The Morgan fingerprint density at radius 1 is 1.29 bits per heavy atom. The maximum Gasteiger partial charge on any atom is 0.319 e. The van der Waals surface area contributed by atoms with Crippen LogP contribution in [0.3, 0.4) is 0 Å². The number of likely N-dealkylation sites (tertiary alicyclic amines) is 1. The van der Waals surface area contributed by atoms with Crippen molar-refractivity contribution in [2.45, 2.75) is 19.3 Å². The van der Waals surface area contributed by atoms with Gasteiger partial charge < -0.3 is 20.3 Å². The van der Waals surface area contributed by atoms with Gasteiger partial charge in [0.1, 0.15) is 5.82 Å². The highest BCUT2D eigenvalue weighted by atomic mass is 19.1. The van der Waals surface area contributed by atoms with Crippen molar-refractivity contribution in [1.82, 2.24) is 10.2 Å². The third kappa shape index (κ3) is 5.49. The smallest absolute Gasteiger partial charge is 0.319 e. The Kier molecular flexibility index (Phi) is 6.99. The molecule has 7 heteroatoms. The molecule has 0 saturated carbocycles. The summed E-state index contributed by atoms with van der Waals surface area (Å²) >= 11 is 0. The zero-order chi connectivity index (χ0) is 17.4. The number of methoxy groups -OCH3 is 1. The van der Waals surface area contributed by atoms with E-state index in [-0.39, 0.29) is 17.6 Å². The van der Waals surface area contributed by atoms with Crippen LogP contribution in [0.25, 0.3) is 0 Å². The van der Waals surface area contributed by atoms with Crippen LogP contribution in [-0.4, -0.2) is 50.2 Å². The molecule has 1 fully saturated rings. The van der Waals surface area contributed by atoms with Crippen molar-refractivity contribution in [3.05, 3.63) is 30.1 Å². The molecule has 0 aromatic heterocycles. The van der Waals surface area contributed by atoms with E-state index in [0.29, 0.717) is 6.54 Å². The number of carbonyl (C=O) groups excluding carboxylic acids is 2. The highest BCUT2D eigenvalue weighted by molar-refractivity contribution is 5.89. The number of halogens is 1. The van der Waals surface area contributed by atoms with Crippen molar-refractivity contribution in [3.8, 4) is 0 Å². The van der Waals surface area contributed by atoms with Gasteiger partial charge in [0.05, 0.1) is 18.7 Å². The first-order chi connectivity index (χ1) is 11.6. The van der Waals surface area contributed by atoms with E-state index in [2.05, 4.69) is 15.5 Å². The largest absolute Gasteiger partial charge is 0.469 e. The maximum atomic E-state index is 13.4. The number of ether oxygens (including phenoxy) is 1. The Bertz CT molecular complexity index is 560. The molecule has 0 aliphatic carbocycles. The van der Waals surface area contributed by atoms with Crippen LogP contribution < -0.4 is 10.6 Å². The van der Waals surface area contributed by atoms with Gasteiger partial charge in [0.15, 0.2) is 0 Å². The van der Waals surface area contributed by atoms with Crippen LogP contribution in [0.4, 0.5) is 14.9 Å². The van der Waals surface area contributed by atoms with Crippen LogP contribution in [-0.2, 0) is 9.53 Å². The fraction of sp³-hybridized carbons (Fsp3) is 0.529. The number of piperidine rings is 1. The summed E-state index contributed by atoms with van der Waals surface area (Å²) in [5.74, 6) is -0.571. The first kappa shape index (κ1) is 18.2. The minimum absolute atomic E-state index is 0.0101. The van der Waals surface area contributed by atoms with Gasteiger partial charge in [-0.05, 0) is 51.0 Å². The average molecular weight is 337 g/mol. The summed E-state index contributed by atoms with van der Waals surface area (Å²) in [7, 11) is 1.42. The highest BCUT2D eigenvalue weighted by Gasteiger charge is 2.25. The Hall–Kier alpha value is -2.15. The maximum absolute atomic E-state index is 13.4. The number of carbonyl (C=O) groups is 2. The molecule has 1 aromatic rings. The van der Waals surface area contributed by atoms with Crippen LogP contribution in [0.1, 0.15) is 19.3 Å². The van der Waals surface area contributed by atoms with Gasteiger partial charge in [-0.1, -0.05) is 12.1 Å². The summed E-state index contributed by atoms with van der Waals surface area (Å²) in [5, 5.41) is 5.20. The van der Waals surface area contributed by atoms with Crippen molar-refractivity contribution < 1.29 is 18.7 Å². The minimum atomic E-state index is -0.457. The molecule has 24 heavy (non-hydrogen) atoms. The molecule has 132 valence electrons. The zero-order valence-electron chi connectivity index (χ0n) is 13.9. The number of amides is 2. The standard InChI is InChI=1S/C17H24FN3O3/c1-24-16(22)13-7-11-21(12-8-13)10-4-9-19-17(23)20-15-6-3-2-5-14(15)18/h2-3,5-6,13H,4,7-12H2,1H3,(H2,19,20,23). The molecule has 1 aliphatic rings. The SMILES string of the molecule is COC(=O)C1CCN(CCCNC(=O)Nc2ccccc2F)CC1. The molecular weight excluding hydrogens is 313 g/mol. The van der Waals surface area contributed by atoms with Gasteiger partial charge in [0.2, 0.25) is 0 Å². The Labute approximate surface area is 141 Å². The Morgan fingerprint density at radius 3 is 2.67 bits per heavy atom. The molecule has 1 saturated heterocycles. The van der Waals surface area contributed by atoms with Gasteiger partial charge in [0.25, 0.3) is 0 Å². The van der Waals surface area contributed by atoms with E-state index in [1.54, 1.807) is 12.1 Å². The minimum Gasteiger partial charge on any atom is -0.469 e. The van der Waals surface area contributed by atoms with Gasteiger partial charge in [-0.3, -0.25) is 4.79 Å². The number of anilines is 1. The molecule has 2 rings (SSSR count). The number of benzene rings is 1. The quantitative estimate of drug-likeness (QED) is 0.617. The van der Waals surface area contributed by atoms with Crippen molar-refractivity contribution in [1.29, 1.82) is 0 Å². The number of nitrogens with zero attached hydrogens (tertiary/aromatic N) is 1. The third-order valence-corrected chi connectivity index (χ3v) is 4.18. The zero-order valence-corrected chi connectivity index (χ0v) is 13.9. The van der Waals surface area contributed by atoms with E-state index >= 15 is 0 Å². The Morgan fingerprint density at radius 2 is 2.00 bits per heavy atom. The van der Waals surface area contributed by atoms with Gasteiger partial charge in [-0.2, -0.15) is 0 Å².